The Bertz CT molecular complexity index is 498. The number of carbonyl (C=O) groups is 2. The van der Waals surface area contributed by atoms with Crippen LogP contribution >= 0.6 is 0 Å². The van der Waals surface area contributed by atoms with E-state index in [1.54, 1.807) is 0 Å². The summed E-state index contributed by atoms with van der Waals surface area (Å²) >= 11 is 0. The molecular weight excluding hydrogens is 264 g/mol. The first-order valence-electron chi connectivity index (χ1n) is 6.18. The number of amides is 1. The molecule has 1 N–H and O–H groups in total. The predicted molar refractivity (Wildman–Crippen MR) is 71.3 cm³/mol. The molecule has 1 amide bonds. The molecule has 0 saturated heterocycles. The van der Waals surface area contributed by atoms with E-state index in [1.807, 2.05) is 6.92 Å². The van der Waals surface area contributed by atoms with E-state index in [-0.39, 0.29) is 17.2 Å². The van der Waals surface area contributed by atoms with Crippen molar-refractivity contribution in [3.8, 4) is 0 Å². The van der Waals surface area contributed by atoms with E-state index in [0.29, 0.717) is 6.54 Å². The summed E-state index contributed by atoms with van der Waals surface area (Å²) in [5.41, 5.74) is 0.0426. The Hall–Kier alpha value is -2.44. The Kier molecular flexibility index (Phi) is 5.64. The Morgan fingerprint density at radius 1 is 1.35 bits per heavy atom. The highest BCUT2D eigenvalue weighted by atomic mass is 16.6. The van der Waals surface area contributed by atoms with Crippen LogP contribution in [0.25, 0.3) is 0 Å². The summed E-state index contributed by atoms with van der Waals surface area (Å²) < 4.78 is 4.97. The number of hydrogen-bond donors (Lipinski definition) is 1. The lowest BCUT2D eigenvalue weighted by Gasteiger charge is -2.12. The second-order valence-electron chi connectivity index (χ2n) is 4.14. The first-order valence-corrected chi connectivity index (χ1v) is 6.18. The van der Waals surface area contributed by atoms with Crippen LogP contribution in [0.2, 0.25) is 0 Å². The third-order valence-electron chi connectivity index (χ3n) is 2.52. The number of nitrogens with zero attached hydrogens (tertiary/aromatic N) is 1. The summed E-state index contributed by atoms with van der Waals surface area (Å²) in [6.45, 7) is 3.89. The van der Waals surface area contributed by atoms with Gasteiger partial charge >= 0.3 is 5.97 Å². The van der Waals surface area contributed by atoms with Gasteiger partial charge < -0.3 is 10.1 Å². The van der Waals surface area contributed by atoms with E-state index in [0.717, 1.165) is 6.42 Å². The zero-order valence-electron chi connectivity index (χ0n) is 11.3. The molecular formula is C13H16N2O5. The van der Waals surface area contributed by atoms with Crippen molar-refractivity contribution in [1.29, 1.82) is 0 Å². The topological polar surface area (TPSA) is 98.5 Å². The fourth-order valence-electron chi connectivity index (χ4n) is 1.39. The van der Waals surface area contributed by atoms with Gasteiger partial charge in [-0.25, -0.2) is 4.79 Å². The molecule has 0 aromatic heterocycles. The lowest BCUT2D eigenvalue weighted by Crippen LogP contribution is -2.36. The maximum Gasteiger partial charge on any atom is 0.338 e. The molecule has 1 atom stereocenters. The van der Waals surface area contributed by atoms with Crippen LogP contribution in [0.1, 0.15) is 30.6 Å². The van der Waals surface area contributed by atoms with Gasteiger partial charge in [-0.1, -0.05) is 6.92 Å². The lowest BCUT2D eigenvalue weighted by atomic mass is 10.2. The van der Waals surface area contributed by atoms with Crippen LogP contribution in [0, 0.1) is 10.1 Å². The summed E-state index contributed by atoms with van der Waals surface area (Å²) in [5, 5.41) is 13.1. The number of nitrogens with one attached hydrogen (secondary N) is 1. The third kappa shape index (κ3) is 4.34. The van der Waals surface area contributed by atoms with Gasteiger partial charge in [0.25, 0.3) is 11.6 Å². The molecule has 0 radical (unpaired) electrons. The fourth-order valence-corrected chi connectivity index (χ4v) is 1.39. The van der Waals surface area contributed by atoms with Crippen LogP contribution in [0.15, 0.2) is 24.3 Å². The molecule has 0 fully saturated rings. The molecule has 1 aromatic carbocycles. The number of ether oxygens (including phenoxy) is 1. The predicted octanol–water partition coefficient (Wildman–Crippen LogP) is 1.67. The van der Waals surface area contributed by atoms with Gasteiger partial charge in [0, 0.05) is 18.7 Å². The molecule has 0 aliphatic carbocycles. The van der Waals surface area contributed by atoms with Crippen molar-refractivity contribution in [2.75, 3.05) is 6.54 Å². The van der Waals surface area contributed by atoms with Crippen LogP contribution in [-0.4, -0.2) is 29.4 Å². The van der Waals surface area contributed by atoms with Gasteiger partial charge in [0.1, 0.15) is 0 Å². The van der Waals surface area contributed by atoms with Gasteiger partial charge in [-0.05, 0) is 25.5 Å². The minimum Gasteiger partial charge on any atom is -0.449 e. The SMILES string of the molecule is CCCNC(=O)C(C)OC(=O)c1ccc([N+](=O)[O-])cc1. The van der Waals surface area contributed by atoms with Crippen molar-refractivity contribution in [3.63, 3.8) is 0 Å². The molecule has 1 rings (SSSR count). The van der Waals surface area contributed by atoms with Crippen LogP contribution in [-0.2, 0) is 9.53 Å². The average Bonchev–Trinajstić information content (AvgIpc) is 2.44. The van der Waals surface area contributed by atoms with Crippen molar-refractivity contribution >= 4 is 17.6 Å². The average molecular weight is 280 g/mol. The number of carbonyl (C=O) groups excluding carboxylic acids is 2. The maximum atomic E-state index is 11.7. The van der Waals surface area contributed by atoms with Crippen LogP contribution in [0.4, 0.5) is 5.69 Å². The van der Waals surface area contributed by atoms with E-state index in [4.69, 9.17) is 4.74 Å². The lowest BCUT2D eigenvalue weighted by molar-refractivity contribution is -0.384. The van der Waals surface area contributed by atoms with Gasteiger partial charge in [0.2, 0.25) is 0 Å². The third-order valence-corrected chi connectivity index (χ3v) is 2.52. The molecule has 7 nitrogen and oxygen atoms in total. The molecule has 108 valence electrons. The quantitative estimate of drug-likeness (QED) is 0.485. The molecule has 1 aromatic rings. The van der Waals surface area contributed by atoms with Crippen molar-refractivity contribution in [1.82, 2.24) is 5.32 Å². The number of rotatable bonds is 6. The highest BCUT2D eigenvalue weighted by molar-refractivity contribution is 5.92. The molecule has 20 heavy (non-hydrogen) atoms. The Morgan fingerprint density at radius 2 is 1.95 bits per heavy atom. The van der Waals surface area contributed by atoms with Crippen molar-refractivity contribution in [2.45, 2.75) is 26.4 Å². The minimum absolute atomic E-state index is 0.115. The zero-order valence-corrected chi connectivity index (χ0v) is 11.3. The molecule has 1 unspecified atom stereocenters. The van der Waals surface area contributed by atoms with E-state index in [1.165, 1.54) is 31.2 Å². The molecule has 7 heteroatoms. The first kappa shape index (κ1) is 15.6. The Labute approximate surface area is 116 Å². The largest absolute Gasteiger partial charge is 0.449 e. The number of benzene rings is 1. The molecule has 0 spiro atoms. The van der Waals surface area contributed by atoms with Crippen LogP contribution in [0.5, 0.6) is 0 Å². The normalized spacial score (nSPS) is 11.5. The number of non-ortho nitro benzene ring substituents is 1. The highest BCUT2D eigenvalue weighted by Gasteiger charge is 2.18. The van der Waals surface area contributed by atoms with Gasteiger partial charge in [0.05, 0.1) is 10.5 Å². The molecule has 0 bridgehead atoms. The Morgan fingerprint density at radius 3 is 2.45 bits per heavy atom. The summed E-state index contributed by atoms with van der Waals surface area (Å²) in [4.78, 5) is 33.2. The minimum atomic E-state index is -0.913. The number of nitro groups is 1. The highest BCUT2D eigenvalue weighted by Crippen LogP contribution is 2.13. The summed E-state index contributed by atoms with van der Waals surface area (Å²) in [5.74, 6) is -1.07. The van der Waals surface area contributed by atoms with Gasteiger partial charge in [0.15, 0.2) is 6.10 Å². The van der Waals surface area contributed by atoms with Crippen molar-refractivity contribution in [3.05, 3.63) is 39.9 Å². The van der Waals surface area contributed by atoms with Crippen LogP contribution < -0.4 is 5.32 Å². The summed E-state index contributed by atoms with van der Waals surface area (Å²) in [6.07, 6.45) is -0.126. The molecule has 0 heterocycles. The number of hydrogen-bond acceptors (Lipinski definition) is 5. The van der Waals surface area contributed by atoms with Gasteiger partial charge in [-0.15, -0.1) is 0 Å². The second kappa shape index (κ2) is 7.22. The van der Waals surface area contributed by atoms with E-state index < -0.39 is 17.0 Å². The Balaban J connectivity index is 2.62. The van der Waals surface area contributed by atoms with Crippen LogP contribution in [0.3, 0.4) is 0 Å². The van der Waals surface area contributed by atoms with E-state index in [2.05, 4.69) is 5.32 Å². The second-order valence-corrected chi connectivity index (χ2v) is 4.14. The zero-order chi connectivity index (χ0) is 15.1. The monoisotopic (exact) mass is 280 g/mol. The van der Waals surface area contributed by atoms with Gasteiger partial charge in [-0.3, -0.25) is 14.9 Å². The summed E-state index contributed by atoms with van der Waals surface area (Å²) in [7, 11) is 0. The van der Waals surface area contributed by atoms with E-state index in [9.17, 15) is 19.7 Å². The molecule has 0 saturated carbocycles. The smallest absolute Gasteiger partial charge is 0.338 e. The maximum absolute atomic E-state index is 11.7. The van der Waals surface area contributed by atoms with Gasteiger partial charge in [-0.2, -0.15) is 0 Å². The van der Waals surface area contributed by atoms with Crippen molar-refractivity contribution in [2.24, 2.45) is 0 Å². The van der Waals surface area contributed by atoms with Crippen molar-refractivity contribution < 1.29 is 19.2 Å². The van der Waals surface area contributed by atoms with E-state index >= 15 is 0 Å². The first-order chi connectivity index (χ1) is 9.45. The fraction of sp³-hybridized carbons (Fsp3) is 0.385. The standard InChI is InChI=1S/C13H16N2O5/c1-3-8-14-12(16)9(2)20-13(17)10-4-6-11(7-5-10)15(18)19/h4-7,9H,3,8H2,1-2H3,(H,14,16). The molecule has 0 aliphatic heterocycles. The number of esters is 1. The number of nitro benzene ring substituents is 1. The summed E-state index contributed by atoms with van der Waals surface area (Å²) in [6, 6.07) is 4.99. The molecule has 0 aliphatic rings.